The predicted octanol–water partition coefficient (Wildman–Crippen LogP) is -0.131. The monoisotopic (exact) mass is 288 g/mol. The summed E-state index contributed by atoms with van der Waals surface area (Å²) in [6, 6.07) is 1.13. The molecule has 1 fully saturated rings. The fourth-order valence-corrected chi connectivity index (χ4v) is 3.71. The highest BCUT2D eigenvalue weighted by atomic mass is 32.2. The molecule has 0 spiro atoms. The molecule has 8 heteroatoms. The van der Waals surface area contributed by atoms with E-state index in [1.54, 1.807) is 6.92 Å². The maximum Gasteiger partial charge on any atom is 0.352 e. The molecule has 2 heterocycles. The van der Waals surface area contributed by atoms with Gasteiger partial charge in [-0.1, -0.05) is 6.92 Å². The van der Waals surface area contributed by atoms with Gasteiger partial charge in [0.15, 0.2) is 0 Å². The van der Waals surface area contributed by atoms with Crippen LogP contribution in [-0.4, -0.2) is 52.2 Å². The van der Waals surface area contributed by atoms with E-state index in [2.05, 4.69) is 0 Å². The number of carboxylic acids is 1. The number of carbonyl (C=O) groups is 1. The molecule has 0 saturated carbocycles. The molecule has 1 saturated heterocycles. The summed E-state index contributed by atoms with van der Waals surface area (Å²) in [4.78, 5) is 10.8. The molecular weight excluding hydrogens is 272 g/mol. The van der Waals surface area contributed by atoms with E-state index in [1.807, 2.05) is 0 Å². The number of aromatic carboxylic acids is 1. The lowest BCUT2D eigenvalue weighted by atomic mass is 9.94. The first-order valence-corrected chi connectivity index (χ1v) is 7.26. The summed E-state index contributed by atoms with van der Waals surface area (Å²) in [6.45, 7) is 1.88. The molecule has 106 valence electrons. The van der Waals surface area contributed by atoms with Crippen molar-refractivity contribution in [2.45, 2.75) is 23.8 Å². The number of nitrogens with zero attached hydrogens (tertiary/aromatic N) is 2. The first kappa shape index (κ1) is 14.0. The van der Waals surface area contributed by atoms with E-state index < -0.39 is 21.6 Å². The molecule has 1 aromatic heterocycles. The fourth-order valence-electron chi connectivity index (χ4n) is 2.04. The Hall–Kier alpha value is -1.38. The zero-order valence-corrected chi connectivity index (χ0v) is 11.5. The SMILES string of the molecule is CCC1(O)CN(S(=O)(=O)c2cc(C(=O)O)n(C)c2)C1. The van der Waals surface area contributed by atoms with Gasteiger partial charge in [-0.2, -0.15) is 4.31 Å². The van der Waals surface area contributed by atoms with Gasteiger partial charge in [0.25, 0.3) is 0 Å². The van der Waals surface area contributed by atoms with Crippen LogP contribution < -0.4 is 0 Å². The summed E-state index contributed by atoms with van der Waals surface area (Å²) in [7, 11) is -2.26. The second kappa shape index (κ2) is 4.32. The van der Waals surface area contributed by atoms with E-state index in [-0.39, 0.29) is 23.7 Å². The molecule has 0 aromatic carbocycles. The number of aryl methyl sites for hydroxylation is 1. The predicted molar refractivity (Wildman–Crippen MR) is 66.4 cm³/mol. The molecule has 0 radical (unpaired) electrons. The van der Waals surface area contributed by atoms with Crippen molar-refractivity contribution in [3.8, 4) is 0 Å². The number of β-amino-alcohol motifs (C(OH)–C–C–N with tert-alkyl or cyclic N) is 1. The molecule has 2 N–H and O–H groups in total. The third-order valence-corrected chi connectivity index (χ3v) is 5.19. The van der Waals surface area contributed by atoms with E-state index in [0.717, 1.165) is 10.4 Å². The van der Waals surface area contributed by atoms with Crippen molar-refractivity contribution in [1.29, 1.82) is 0 Å². The van der Waals surface area contributed by atoms with Gasteiger partial charge in [-0.05, 0) is 12.5 Å². The number of carboxylic acid groups (broad SMARTS) is 1. The van der Waals surface area contributed by atoms with Crippen molar-refractivity contribution in [3.63, 3.8) is 0 Å². The lowest BCUT2D eigenvalue weighted by Crippen LogP contribution is -2.62. The molecule has 0 unspecified atom stereocenters. The van der Waals surface area contributed by atoms with Crippen molar-refractivity contribution in [3.05, 3.63) is 18.0 Å². The van der Waals surface area contributed by atoms with Crippen molar-refractivity contribution in [1.82, 2.24) is 8.87 Å². The zero-order chi connectivity index (χ0) is 14.4. The van der Waals surface area contributed by atoms with Crippen LogP contribution in [0.1, 0.15) is 23.8 Å². The first-order valence-electron chi connectivity index (χ1n) is 5.82. The van der Waals surface area contributed by atoms with Crippen LogP contribution >= 0.6 is 0 Å². The van der Waals surface area contributed by atoms with E-state index in [9.17, 15) is 18.3 Å². The molecule has 0 atom stereocenters. The van der Waals surface area contributed by atoms with Gasteiger partial charge >= 0.3 is 5.97 Å². The van der Waals surface area contributed by atoms with Crippen LogP contribution in [0.15, 0.2) is 17.2 Å². The third kappa shape index (κ3) is 2.26. The first-order chi connectivity index (χ1) is 8.69. The van der Waals surface area contributed by atoms with Crippen molar-refractivity contribution in [2.24, 2.45) is 7.05 Å². The van der Waals surface area contributed by atoms with E-state index in [4.69, 9.17) is 5.11 Å². The average molecular weight is 288 g/mol. The van der Waals surface area contributed by atoms with Crippen molar-refractivity contribution >= 4 is 16.0 Å². The van der Waals surface area contributed by atoms with Gasteiger partial charge in [-0.25, -0.2) is 13.2 Å². The van der Waals surface area contributed by atoms with Crippen LogP contribution in [0.3, 0.4) is 0 Å². The average Bonchev–Trinajstić information content (AvgIpc) is 2.67. The Morgan fingerprint density at radius 2 is 2.05 bits per heavy atom. The molecule has 1 aromatic rings. The minimum atomic E-state index is -3.73. The Kier molecular flexibility index (Phi) is 3.20. The molecule has 1 aliphatic rings. The van der Waals surface area contributed by atoms with Crippen LogP contribution in [0, 0.1) is 0 Å². The largest absolute Gasteiger partial charge is 0.477 e. The topological polar surface area (TPSA) is 99.8 Å². The molecule has 7 nitrogen and oxygen atoms in total. The van der Waals surface area contributed by atoms with Crippen LogP contribution in [0.25, 0.3) is 0 Å². The summed E-state index contributed by atoms with van der Waals surface area (Å²) in [5, 5.41) is 18.7. The van der Waals surface area contributed by atoms with Crippen LogP contribution in [0.5, 0.6) is 0 Å². The molecule has 0 bridgehead atoms. The molecule has 19 heavy (non-hydrogen) atoms. The van der Waals surface area contributed by atoms with Gasteiger partial charge in [0.05, 0.1) is 5.60 Å². The Morgan fingerprint density at radius 3 is 2.47 bits per heavy atom. The van der Waals surface area contributed by atoms with Gasteiger partial charge in [-0.15, -0.1) is 0 Å². The summed E-state index contributed by atoms with van der Waals surface area (Å²) >= 11 is 0. The van der Waals surface area contributed by atoms with Gasteiger partial charge in [0, 0.05) is 26.3 Å². The molecule has 2 rings (SSSR count). The Balaban J connectivity index is 2.27. The van der Waals surface area contributed by atoms with Crippen LogP contribution in [0.2, 0.25) is 0 Å². The standard InChI is InChI=1S/C11H16N2O5S/c1-3-11(16)6-13(7-11)19(17,18)8-4-9(10(14)15)12(2)5-8/h4-5,16H,3,6-7H2,1-2H3,(H,14,15). The molecule has 0 aliphatic carbocycles. The minimum Gasteiger partial charge on any atom is -0.477 e. The van der Waals surface area contributed by atoms with Gasteiger partial charge in [0.2, 0.25) is 10.0 Å². The highest BCUT2D eigenvalue weighted by molar-refractivity contribution is 7.89. The smallest absolute Gasteiger partial charge is 0.352 e. The number of aromatic nitrogens is 1. The Labute approximate surface area is 111 Å². The van der Waals surface area contributed by atoms with Crippen molar-refractivity contribution in [2.75, 3.05) is 13.1 Å². The summed E-state index contributed by atoms with van der Waals surface area (Å²) in [6.07, 6.45) is 1.75. The zero-order valence-electron chi connectivity index (χ0n) is 10.7. The number of hydrogen-bond acceptors (Lipinski definition) is 4. The highest BCUT2D eigenvalue weighted by Gasteiger charge is 2.46. The highest BCUT2D eigenvalue weighted by Crippen LogP contribution is 2.30. The van der Waals surface area contributed by atoms with E-state index in [0.29, 0.717) is 6.42 Å². The summed E-state index contributed by atoms with van der Waals surface area (Å²) in [5.41, 5.74) is -1.05. The minimum absolute atomic E-state index is 0.0448. The quantitative estimate of drug-likeness (QED) is 0.804. The maximum atomic E-state index is 12.2. The van der Waals surface area contributed by atoms with Gasteiger partial charge < -0.3 is 14.8 Å². The van der Waals surface area contributed by atoms with Gasteiger partial charge in [-0.3, -0.25) is 0 Å². The number of hydrogen-bond donors (Lipinski definition) is 2. The second-order valence-corrected chi connectivity index (χ2v) is 6.77. The number of rotatable bonds is 4. The summed E-state index contributed by atoms with van der Waals surface area (Å²) in [5.74, 6) is -1.18. The van der Waals surface area contributed by atoms with E-state index >= 15 is 0 Å². The van der Waals surface area contributed by atoms with Gasteiger partial charge in [0.1, 0.15) is 10.6 Å². The Bertz CT molecular complexity index is 613. The third-order valence-electron chi connectivity index (χ3n) is 3.44. The normalized spacial score (nSPS) is 19.1. The number of aliphatic hydroxyl groups is 1. The fraction of sp³-hybridized carbons (Fsp3) is 0.545. The Morgan fingerprint density at radius 1 is 1.47 bits per heavy atom. The number of sulfonamides is 1. The summed E-state index contributed by atoms with van der Waals surface area (Å²) < 4.78 is 26.8. The molecule has 1 aliphatic heterocycles. The lowest BCUT2D eigenvalue weighted by molar-refractivity contribution is -0.0613. The molecular formula is C11H16N2O5S. The maximum absolute atomic E-state index is 12.2. The lowest BCUT2D eigenvalue weighted by Gasteiger charge is -2.44. The van der Waals surface area contributed by atoms with Crippen LogP contribution in [-0.2, 0) is 17.1 Å². The van der Waals surface area contributed by atoms with Crippen LogP contribution in [0.4, 0.5) is 0 Å². The second-order valence-electron chi connectivity index (χ2n) is 4.83. The molecule has 0 amide bonds. The van der Waals surface area contributed by atoms with E-state index in [1.165, 1.54) is 17.8 Å². The van der Waals surface area contributed by atoms with Crippen molar-refractivity contribution < 1.29 is 23.4 Å².